The van der Waals surface area contributed by atoms with E-state index >= 15 is 0 Å². The molecule has 1 atom stereocenters. The summed E-state index contributed by atoms with van der Waals surface area (Å²) in [5.41, 5.74) is 0.746. The highest BCUT2D eigenvalue weighted by molar-refractivity contribution is 8.26. The van der Waals surface area contributed by atoms with E-state index < -0.39 is 17.9 Å². The number of carbonyl (C=O) groups excluding carboxylic acids is 2. The van der Waals surface area contributed by atoms with Gasteiger partial charge in [0.15, 0.2) is 11.5 Å². The van der Waals surface area contributed by atoms with Crippen molar-refractivity contribution in [2.75, 3.05) is 20.8 Å². The van der Waals surface area contributed by atoms with Crippen LogP contribution in [0, 0.1) is 0 Å². The minimum atomic E-state index is -1.06. The Morgan fingerprint density at radius 1 is 1.29 bits per heavy atom. The Bertz CT molecular complexity index is 887. The van der Waals surface area contributed by atoms with Crippen LogP contribution in [0.3, 0.4) is 0 Å². The van der Waals surface area contributed by atoms with Gasteiger partial charge in [-0.05, 0) is 30.2 Å². The third-order valence-corrected chi connectivity index (χ3v) is 6.00. The number of carboxylic acid groups (broad SMARTS) is 1. The Kier molecular flexibility index (Phi) is 9.32. The molecule has 0 spiro atoms. The lowest BCUT2D eigenvalue weighted by Crippen LogP contribution is -2.42. The van der Waals surface area contributed by atoms with Gasteiger partial charge >= 0.3 is 5.97 Å². The fourth-order valence-corrected chi connectivity index (χ4v) is 4.24. The van der Waals surface area contributed by atoms with Crippen LogP contribution in [0.4, 0.5) is 0 Å². The molecule has 1 heterocycles. The van der Waals surface area contributed by atoms with E-state index in [0.29, 0.717) is 33.6 Å². The van der Waals surface area contributed by atoms with Crippen molar-refractivity contribution in [1.82, 2.24) is 10.2 Å². The van der Waals surface area contributed by atoms with Crippen LogP contribution in [0.25, 0.3) is 6.08 Å². The highest BCUT2D eigenvalue weighted by atomic mass is 32.2. The molecule has 168 valence electrons. The number of aliphatic carboxylic acids is 1. The van der Waals surface area contributed by atoms with Gasteiger partial charge in [-0.2, -0.15) is 0 Å². The maximum Gasteiger partial charge on any atom is 0.326 e. The maximum atomic E-state index is 12.7. The van der Waals surface area contributed by atoms with Crippen molar-refractivity contribution in [1.29, 1.82) is 0 Å². The minimum Gasteiger partial charge on any atom is -0.493 e. The van der Waals surface area contributed by atoms with Crippen molar-refractivity contribution in [3.05, 3.63) is 28.7 Å². The number of amides is 2. The van der Waals surface area contributed by atoms with Crippen LogP contribution in [0.2, 0.25) is 0 Å². The quantitative estimate of drug-likeness (QED) is 0.379. The van der Waals surface area contributed by atoms with E-state index in [2.05, 4.69) is 5.32 Å². The molecule has 1 aliphatic heterocycles. The van der Waals surface area contributed by atoms with Gasteiger partial charge in [-0.1, -0.05) is 49.8 Å². The van der Waals surface area contributed by atoms with Gasteiger partial charge in [0.25, 0.3) is 5.91 Å². The predicted molar refractivity (Wildman–Crippen MR) is 123 cm³/mol. The maximum absolute atomic E-state index is 12.7. The number of nitrogens with one attached hydrogen (secondary N) is 1. The summed E-state index contributed by atoms with van der Waals surface area (Å²) in [6.07, 6.45) is 3.57. The molecule has 1 aromatic rings. The summed E-state index contributed by atoms with van der Waals surface area (Å²) in [6, 6.07) is 4.36. The number of thioether (sulfide) groups is 1. The topological polar surface area (TPSA) is 105 Å². The number of hydrogen-bond donors (Lipinski definition) is 2. The summed E-state index contributed by atoms with van der Waals surface area (Å²) >= 11 is 6.45. The fourth-order valence-electron chi connectivity index (χ4n) is 2.93. The normalized spacial score (nSPS) is 15.8. The number of rotatable bonds is 11. The summed E-state index contributed by atoms with van der Waals surface area (Å²) in [7, 11) is 3.07. The third kappa shape index (κ3) is 6.70. The van der Waals surface area contributed by atoms with Gasteiger partial charge in [0.05, 0.1) is 19.1 Å². The number of ether oxygens (including phenoxy) is 2. The van der Waals surface area contributed by atoms with Crippen molar-refractivity contribution in [3.63, 3.8) is 0 Å². The van der Waals surface area contributed by atoms with Crippen LogP contribution in [0.5, 0.6) is 11.5 Å². The third-order valence-electron chi connectivity index (χ3n) is 4.62. The zero-order chi connectivity index (χ0) is 23.0. The fraction of sp³-hybridized carbons (Fsp3) is 0.429. The van der Waals surface area contributed by atoms with E-state index in [1.807, 2.05) is 6.92 Å². The summed E-state index contributed by atoms with van der Waals surface area (Å²) in [6.45, 7) is 2.03. The Morgan fingerprint density at radius 2 is 2.00 bits per heavy atom. The number of carbonyl (C=O) groups is 3. The van der Waals surface area contributed by atoms with Gasteiger partial charge in [-0.3, -0.25) is 14.5 Å². The lowest BCUT2D eigenvalue weighted by molar-refractivity contribution is -0.142. The molecule has 10 heteroatoms. The smallest absolute Gasteiger partial charge is 0.326 e. The first kappa shape index (κ1) is 24.7. The summed E-state index contributed by atoms with van der Waals surface area (Å²) in [5, 5.41) is 11.7. The van der Waals surface area contributed by atoms with Crippen molar-refractivity contribution in [2.24, 2.45) is 0 Å². The molecule has 2 amide bonds. The van der Waals surface area contributed by atoms with E-state index in [4.69, 9.17) is 21.7 Å². The zero-order valence-electron chi connectivity index (χ0n) is 17.7. The van der Waals surface area contributed by atoms with E-state index in [9.17, 15) is 19.5 Å². The van der Waals surface area contributed by atoms with Gasteiger partial charge in [-0.25, -0.2) is 4.79 Å². The van der Waals surface area contributed by atoms with Crippen molar-refractivity contribution < 1.29 is 29.0 Å². The van der Waals surface area contributed by atoms with Gasteiger partial charge < -0.3 is 19.9 Å². The second-order valence-electron chi connectivity index (χ2n) is 6.80. The lowest BCUT2D eigenvalue weighted by atomic mass is 10.1. The largest absolute Gasteiger partial charge is 0.493 e. The Morgan fingerprint density at radius 3 is 2.61 bits per heavy atom. The number of hydrogen-bond acceptors (Lipinski definition) is 7. The average Bonchev–Trinajstić information content (AvgIpc) is 3.01. The summed E-state index contributed by atoms with van der Waals surface area (Å²) < 4.78 is 10.8. The van der Waals surface area contributed by atoms with Gasteiger partial charge in [0, 0.05) is 13.0 Å². The molecule has 8 nitrogen and oxygen atoms in total. The van der Waals surface area contributed by atoms with Gasteiger partial charge in [-0.15, -0.1) is 0 Å². The van der Waals surface area contributed by atoms with E-state index in [0.717, 1.165) is 23.7 Å². The van der Waals surface area contributed by atoms with Crippen molar-refractivity contribution in [3.8, 4) is 11.5 Å². The van der Waals surface area contributed by atoms with E-state index in [-0.39, 0.29) is 18.9 Å². The highest BCUT2D eigenvalue weighted by Crippen LogP contribution is 2.34. The molecule has 0 aromatic heterocycles. The highest BCUT2D eigenvalue weighted by Gasteiger charge is 2.32. The summed E-state index contributed by atoms with van der Waals surface area (Å²) in [4.78, 5) is 38.0. The predicted octanol–water partition coefficient (Wildman–Crippen LogP) is 3.05. The van der Waals surface area contributed by atoms with E-state index in [1.165, 1.54) is 12.0 Å². The first-order valence-electron chi connectivity index (χ1n) is 9.80. The molecule has 1 saturated heterocycles. The molecule has 0 aliphatic carbocycles. The monoisotopic (exact) mass is 466 g/mol. The van der Waals surface area contributed by atoms with Gasteiger partial charge in [0.2, 0.25) is 5.91 Å². The number of unbranched alkanes of at least 4 members (excludes halogenated alkanes) is 1. The Hall–Kier alpha value is -2.59. The molecular formula is C21H26N2O6S2. The number of nitrogens with zero attached hydrogens (tertiary/aromatic N) is 1. The molecule has 1 aliphatic rings. The molecule has 0 saturated carbocycles. The lowest BCUT2D eigenvalue weighted by Gasteiger charge is -2.17. The number of methoxy groups -OCH3 is 2. The molecular weight excluding hydrogens is 440 g/mol. The average molecular weight is 467 g/mol. The van der Waals surface area contributed by atoms with Crippen LogP contribution in [-0.4, -0.2) is 58.9 Å². The molecule has 1 aromatic carbocycles. The Balaban J connectivity index is 2.01. The molecule has 1 fully saturated rings. The zero-order valence-corrected chi connectivity index (χ0v) is 19.3. The van der Waals surface area contributed by atoms with Crippen LogP contribution in [-0.2, 0) is 14.4 Å². The number of carboxylic acids is 1. The molecule has 0 bridgehead atoms. The molecule has 0 radical (unpaired) electrons. The second-order valence-corrected chi connectivity index (χ2v) is 8.47. The SMILES string of the molecule is CCCCC(NC(=O)CCN1C(=O)C(=Cc2ccc(OC)c(OC)c2)SC1=S)C(=O)O. The molecule has 31 heavy (non-hydrogen) atoms. The molecule has 2 N–H and O–H groups in total. The van der Waals surface area contributed by atoms with Crippen LogP contribution in [0.1, 0.15) is 38.2 Å². The van der Waals surface area contributed by atoms with Crippen molar-refractivity contribution in [2.45, 2.75) is 38.6 Å². The van der Waals surface area contributed by atoms with Crippen LogP contribution in [0.15, 0.2) is 23.1 Å². The first-order valence-corrected chi connectivity index (χ1v) is 11.0. The summed E-state index contributed by atoms with van der Waals surface area (Å²) in [5.74, 6) is -0.665. The molecule has 1 unspecified atom stereocenters. The van der Waals surface area contributed by atoms with Crippen molar-refractivity contribution >= 4 is 52.2 Å². The van der Waals surface area contributed by atoms with Crippen LogP contribution < -0.4 is 14.8 Å². The standard InChI is InChI=1S/C21H26N2O6S2/c1-4-5-6-14(20(26)27)22-18(24)9-10-23-19(25)17(31-21(23)30)12-13-7-8-15(28-2)16(11-13)29-3/h7-8,11-12,14H,4-6,9-10H2,1-3H3,(H,22,24)(H,26,27). The van der Waals surface area contributed by atoms with E-state index in [1.54, 1.807) is 31.4 Å². The number of benzene rings is 1. The first-order chi connectivity index (χ1) is 14.8. The molecule has 2 rings (SSSR count). The van der Waals surface area contributed by atoms with Gasteiger partial charge in [0.1, 0.15) is 10.4 Å². The number of thiocarbonyl (C=S) groups is 1. The van der Waals surface area contributed by atoms with Crippen LogP contribution >= 0.6 is 24.0 Å². The minimum absolute atomic E-state index is 0.0357. The second kappa shape index (κ2) is 11.7. The Labute approximate surface area is 191 Å².